The highest BCUT2D eigenvalue weighted by atomic mass is 35.5. The first-order valence-corrected chi connectivity index (χ1v) is 12.7. The predicted molar refractivity (Wildman–Crippen MR) is 139 cm³/mol. The van der Waals surface area contributed by atoms with E-state index in [-0.39, 0.29) is 11.9 Å². The molecule has 1 aromatic carbocycles. The zero-order valence-electron chi connectivity index (χ0n) is 20.3. The molecule has 0 aliphatic carbocycles. The van der Waals surface area contributed by atoms with E-state index in [0.29, 0.717) is 82.1 Å². The average molecular weight is 523 g/mol. The topological polar surface area (TPSA) is 123 Å². The van der Waals surface area contributed by atoms with Crippen molar-refractivity contribution in [3.63, 3.8) is 0 Å². The molecule has 12 heteroatoms. The van der Waals surface area contributed by atoms with Crippen molar-refractivity contribution in [2.24, 2.45) is 0 Å². The number of carbonyl (C=O) groups is 1. The zero-order chi connectivity index (χ0) is 25.4. The van der Waals surface area contributed by atoms with E-state index in [1.165, 1.54) is 0 Å². The van der Waals surface area contributed by atoms with E-state index < -0.39 is 0 Å². The molecule has 0 saturated carbocycles. The van der Waals surface area contributed by atoms with Crippen LogP contribution in [-0.2, 0) is 15.9 Å². The maximum atomic E-state index is 13.2. The number of carbonyl (C=O) groups excluding carboxylic acids is 1. The molecular weight excluding hydrogens is 496 g/mol. The Morgan fingerprint density at radius 3 is 2.38 bits per heavy atom. The van der Waals surface area contributed by atoms with Gasteiger partial charge in [0, 0.05) is 61.8 Å². The summed E-state index contributed by atoms with van der Waals surface area (Å²) in [5, 5.41) is 0.551. The number of nitrogens with zero attached hydrogens (tertiary/aromatic N) is 7. The molecular formula is C25H27ClN8O3. The highest BCUT2D eigenvalue weighted by Crippen LogP contribution is 2.41. The molecule has 0 radical (unpaired) electrons. The van der Waals surface area contributed by atoms with Crippen molar-refractivity contribution in [1.82, 2.24) is 24.8 Å². The third kappa shape index (κ3) is 4.65. The van der Waals surface area contributed by atoms with E-state index in [9.17, 15) is 4.79 Å². The minimum absolute atomic E-state index is 0.0305. The van der Waals surface area contributed by atoms with Gasteiger partial charge in [-0.1, -0.05) is 11.6 Å². The zero-order valence-corrected chi connectivity index (χ0v) is 21.0. The summed E-state index contributed by atoms with van der Waals surface area (Å²) in [6.45, 7) is 5.51. The second-order valence-corrected chi connectivity index (χ2v) is 9.48. The van der Waals surface area contributed by atoms with Gasteiger partial charge in [0.2, 0.25) is 11.9 Å². The highest BCUT2D eigenvalue weighted by molar-refractivity contribution is 6.33. The van der Waals surface area contributed by atoms with E-state index >= 15 is 0 Å². The summed E-state index contributed by atoms with van der Waals surface area (Å²) in [6, 6.07) is 5.41. The quantitative estimate of drug-likeness (QED) is 0.545. The molecule has 3 aromatic rings. The van der Waals surface area contributed by atoms with Gasteiger partial charge >= 0.3 is 0 Å². The molecule has 6 rings (SSSR count). The van der Waals surface area contributed by atoms with Gasteiger partial charge in [-0.2, -0.15) is 4.98 Å². The molecule has 2 N–H and O–H groups in total. The second kappa shape index (κ2) is 10.1. The molecule has 3 aliphatic rings. The van der Waals surface area contributed by atoms with E-state index in [2.05, 4.69) is 19.8 Å². The number of benzene rings is 1. The number of amides is 1. The maximum absolute atomic E-state index is 13.2. The molecule has 5 heterocycles. The van der Waals surface area contributed by atoms with Crippen LogP contribution in [0.25, 0.3) is 11.3 Å². The number of fused-ring (bicyclic) bond motifs is 1. The number of hydrogen-bond donors (Lipinski definition) is 1. The van der Waals surface area contributed by atoms with Crippen LogP contribution in [0.3, 0.4) is 0 Å². The van der Waals surface area contributed by atoms with Crippen LogP contribution in [0.5, 0.6) is 0 Å². The minimum Gasteiger partial charge on any atom is -0.378 e. The lowest BCUT2D eigenvalue weighted by molar-refractivity contribution is 0.0303. The van der Waals surface area contributed by atoms with Gasteiger partial charge in [0.1, 0.15) is 5.82 Å². The van der Waals surface area contributed by atoms with Crippen LogP contribution in [0.1, 0.15) is 15.9 Å². The van der Waals surface area contributed by atoms with Crippen molar-refractivity contribution in [2.45, 2.75) is 6.42 Å². The summed E-state index contributed by atoms with van der Waals surface area (Å²) in [6.07, 6.45) is 4.08. The predicted octanol–water partition coefficient (Wildman–Crippen LogP) is 2.17. The van der Waals surface area contributed by atoms with E-state index in [1.807, 2.05) is 11.0 Å². The SMILES string of the molecule is Nc1ncc(-c2nc(N3CCOCC3)nc3c2CCN3c2cc(C(=O)N3CCOCC3)ccc2Cl)cn1. The fourth-order valence-electron chi connectivity index (χ4n) is 4.88. The lowest BCUT2D eigenvalue weighted by Crippen LogP contribution is -2.40. The first-order valence-electron chi connectivity index (χ1n) is 12.3. The molecule has 11 nitrogen and oxygen atoms in total. The van der Waals surface area contributed by atoms with Gasteiger partial charge in [-0.05, 0) is 24.6 Å². The summed E-state index contributed by atoms with van der Waals surface area (Å²) in [5.41, 5.74) is 9.58. The van der Waals surface area contributed by atoms with Gasteiger partial charge in [-0.3, -0.25) is 4.79 Å². The first kappa shape index (κ1) is 23.8. The number of aromatic nitrogens is 4. The van der Waals surface area contributed by atoms with E-state index in [1.54, 1.807) is 24.5 Å². The van der Waals surface area contributed by atoms with Crippen LogP contribution in [0.2, 0.25) is 5.02 Å². The number of anilines is 4. The van der Waals surface area contributed by atoms with Crippen molar-refractivity contribution in [3.05, 3.63) is 46.7 Å². The summed E-state index contributed by atoms with van der Waals surface area (Å²) in [4.78, 5) is 37.5. The van der Waals surface area contributed by atoms with Crippen LogP contribution in [0.4, 0.5) is 23.4 Å². The van der Waals surface area contributed by atoms with Gasteiger partial charge in [0.15, 0.2) is 0 Å². The molecule has 0 atom stereocenters. The number of ether oxygens (including phenoxy) is 2. The number of halogens is 1. The van der Waals surface area contributed by atoms with Crippen molar-refractivity contribution in [2.75, 3.05) is 74.7 Å². The summed E-state index contributed by atoms with van der Waals surface area (Å²) < 4.78 is 10.9. The molecule has 0 spiro atoms. The molecule has 0 bridgehead atoms. The maximum Gasteiger partial charge on any atom is 0.254 e. The lowest BCUT2D eigenvalue weighted by atomic mass is 10.1. The van der Waals surface area contributed by atoms with Crippen LogP contribution in [-0.4, -0.2) is 89.9 Å². The average Bonchev–Trinajstić information content (AvgIpc) is 3.38. The molecule has 2 fully saturated rings. The molecule has 2 aromatic heterocycles. The number of hydrogen-bond acceptors (Lipinski definition) is 10. The standard InChI is InChI=1S/C25H27ClN8O3/c26-19-2-1-16(23(35)32-5-9-36-10-6-32)13-20(19)34-4-3-18-21(17-14-28-24(27)29-15-17)30-25(31-22(18)34)33-7-11-37-12-8-33/h1-2,13-15H,3-12H2,(H2,27,28,29). The van der Waals surface area contributed by atoms with Crippen molar-refractivity contribution in [1.29, 1.82) is 0 Å². The lowest BCUT2D eigenvalue weighted by Gasteiger charge is -2.29. The van der Waals surface area contributed by atoms with Crippen LogP contribution < -0.4 is 15.5 Å². The van der Waals surface area contributed by atoms with Crippen LogP contribution in [0, 0.1) is 0 Å². The Hall–Kier alpha value is -3.54. The Kier molecular flexibility index (Phi) is 6.49. The smallest absolute Gasteiger partial charge is 0.254 e. The molecule has 37 heavy (non-hydrogen) atoms. The van der Waals surface area contributed by atoms with E-state index in [0.717, 1.165) is 28.3 Å². The molecule has 0 unspecified atom stereocenters. The van der Waals surface area contributed by atoms with Gasteiger partial charge in [0.25, 0.3) is 5.91 Å². The highest BCUT2D eigenvalue weighted by Gasteiger charge is 2.31. The van der Waals surface area contributed by atoms with Crippen molar-refractivity contribution in [3.8, 4) is 11.3 Å². The number of morpholine rings is 2. The monoisotopic (exact) mass is 522 g/mol. The molecule has 3 aliphatic heterocycles. The Balaban J connectivity index is 1.42. The van der Waals surface area contributed by atoms with Crippen molar-refractivity contribution >= 4 is 40.9 Å². The third-order valence-corrected chi connectivity index (χ3v) is 7.16. The number of nitrogen functional groups attached to an aromatic ring is 1. The summed E-state index contributed by atoms with van der Waals surface area (Å²) in [5.74, 6) is 1.55. The first-order chi connectivity index (χ1) is 18.1. The Morgan fingerprint density at radius 1 is 0.946 bits per heavy atom. The molecule has 2 saturated heterocycles. The van der Waals surface area contributed by atoms with Crippen LogP contribution >= 0.6 is 11.6 Å². The van der Waals surface area contributed by atoms with Crippen molar-refractivity contribution < 1.29 is 14.3 Å². The summed E-state index contributed by atoms with van der Waals surface area (Å²) in [7, 11) is 0. The third-order valence-electron chi connectivity index (χ3n) is 6.84. The second-order valence-electron chi connectivity index (χ2n) is 9.08. The normalized spacial score (nSPS) is 17.7. The van der Waals surface area contributed by atoms with Gasteiger partial charge < -0.3 is 29.9 Å². The van der Waals surface area contributed by atoms with E-state index in [4.69, 9.17) is 36.8 Å². The van der Waals surface area contributed by atoms with Gasteiger partial charge in [-0.25, -0.2) is 15.0 Å². The number of nitrogens with two attached hydrogens (primary N) is 1. The molecule has 1 amide bonds. The molecule has 192 valence electrons. The van der Waals surface area contributed by atoms with Gasteiger partial charge in [-0.15, -0.1) is 0 Å². The Morgan fingerprint density at radius 2 is 1.65 bits per heavy atom. The Labute approximate surface area is 219 Å². The Bertz CT molecular complexity index is 1310. The fraction of sp³-hybridized carbons (Fsp3) is 0.400. The van der Waals surface area contributed by atoms with Gasteiger partial charge in [0.05, 0.1) is 42.8 Å². The fourth-order valence-corrected chi connectivity index (χ4v) is 5.10. The number of rotatable bonds is 4. The largest absolute Gasteiger partial charge is 0.378 e. The van der Waals surface area contributed by atoms with Crippen LogP contribution in [0.15, 0.2) is 30.6 Å². The minimum atomic E-state index is -0.0305. The summed E-state index contributed by atoms with van der Waals surface area (Å²) >= 11 is 6.71.